The van der Waals surface area contributed by atoms with Crippen LogP contribution in [0.3, 0.4) is 0 Å². The van der Waals surface area contributed by atoms with Crippen molar-refractivity contribution in [2.45, 2.75) is 13.8 Å². The number of hydrogen-bond donors (Lipinski definition) is 0. The molecule has 0 atom stereocenters. The number of aromatic nitrogens is 2. The molecule has 0 radical (unpaired) electrons. The molecule has 21 heavy (non-hydrogen) atoms. The van der Waals surface area contributed by atoms with Crippen molar-refractivity contribution in [1.82, 2.24) is 9.97 Å². The average molecular weight is 303 g/mol. The largest absolute Gasteiger partial charge is 0.368 e. The maximum Gasteiger partial charge on any atom is 0.225 e. The van der Waals surface area contributed by atoms with Crippen molar-refractivity contribution in [2.24, 2.45) is 0 Å². The van der Waals surface area contributed by atoms with Crippen LogP contribution in [0.2, 0.25) is 5.02 Å². The molecule has 0 unspecified atom stereocenters. The molecular weight excluding hydrogens is 284 g/mol. The Morgan fingerprint density at radius 1 is 0.952 bits per heavy atom. The van der Waals surface area contributed by atoms with Crippen molar-refractivity contribution in [2.75, 3.05) is 36.0 Å². The number of rotatable bonds is 2. The van der Waals surface area contributed by atoms with Gasteiger partial charge in [0.25, 0.3) is 0 Å². The lowest BCUT2D eigenvalue weighted by Gasteiger charge is -2.36. The third-order valence-electron chi connectivity index (χ3n) is 3.84. The summed E-state index contributed by atoms with van der Waals surface area (Å²) >= 11 is 6.12. The second-order valence-electron chi connectivity index (χ2n) is 5.47. The molecule has 0 N–H and O–H groups in total. The van der Waals surface area contributed by atoms with E-state index in [1.54, 1.807) is 0 Å². The summed E-state index contributed by atoms with van der Waals surface area (Å²) in [6.07, 6.45) is 3.74. The van der Waals surface area contributed by atoms with E-state index >= 15 is 0 Å². The van der Waals surface area contributed by atoms with Gasteiger partial charge in [-0.2, -0.15) is 0 Å². The van der Waals surface area contributed by atoms with Crippen LogP contribution in [0.5, 0.6) is 0 Å². The van der Waals surface area contributed by atoms with Crippen molar-refractivity contribution in [3.8, 4) is 0 Å². The van der Waals surface area contributed by atoms with Gasteiger partial charge in [-0.3, -0.25) is 0 Å². The molecule has 1 aromatic heterocycles. The molecular formula is C16H19ClN4. The van der Waals surface area contributed by atoms with Crippen molar-refractivity contribution >= 4 is 23.2 Å². The SMILES string of the molecule is Cc1cnc(N2CCN(c3cc(Cl)ccc3C)CC2)nc1. The molecule has 0 aliphatic carbocycles. The first-order valence-electron chi connectivity index (χ1n) is 7.18. The number of anilines is 2. The van der Waals surface area contributed by atoms with Crippen LogP contribution in [0.15, 0.2) is 30.6 Å². The van der Waals surface area contributed by atoms with Gasteiger partial charge in [-0.05, 0) is 37.1 Å². The molecule has 1 aliphatic heterocycles. The normalized spacial score (nSPS) is 15.4. The van der Waals surface area contributed by atoms with Gasteiger partial charge in [-0.25, -0.2) is 9.97 Å². The van der Waals surface area contributed by atoms with Crippen LogP contribution in [0.4, 0.5) is 11.6 Å². The van der Waals surface area contributed by atoms with Crippen LogP contribution in [-0.2, 0) is 0 Å². The lowest BCUT2D eigenvalue weighted by Crippen LogP contribution is -2.47. The third kappa shape index (κ3) is 3.10. The number of aryl methyl sites for hydroxylation is 2. The first-order chi connectivity index (χ1) is 10.1. The summed E-state index contributed by atoms with van der Waals surface area (Å²) in [6, 6.07) is 6.07. The number of hydrogen-bond acceptors (Lipinski definition) is 4. The maximum absolute atomic E-state index is 6.12. The molecule has 0 spiro atoms. The molecule has 0 bridgehead atoms. The molecule has 1 aromatic carbocycles. The highest BCUT2D eigenvalue weighted by molar-refractivity contribution is 6.30. The summed E-state index contributed by atoms with van der Waals surface area (Å²) in [6.45, 7) is 7.89. The highest BCUT2D eigenvalue weighted by Crippen LogP contribution is 2.25. The minimum absolute atomic E-state index is 0.792. The van der Waals surface area contributed by atoms with Crippen LogP contribution in [0.1, 0.15) is 11.1 Å². The Morgan fingerprint density at radius 2 is 1.57 bits per heavy atom. The van der Waals surface area contributed by atoms with Gasteiger partial charge in [0.2, 0.25) is 5.95 Å². The van der Waals surface area contributed by atoms with Gasteiger partial charge in [0, 0.05) is 49.3 Å². The van der Waals surface area contributed by atoms with Crippen LogP contribution in [0, 0.1) is 13.8 Å². The molecule has 2 heterocycles. The number of piperazine rings is 1. The number of benzene rings is 1. The molecule has 1 fully saturated rings. The molecule has 1 aliphatic rings. The molecule has 1 saturated heterocycles. The minimum atomic E-state index is 0.792. The van der Waals surface area contributed by atoms with Crippen molar-refractivity contribution in [3.05, 3.63) is 46.7 Å². The van der Waals surface area contributed by atoms with E-state index in [0.29, 0.717) is 0 Å². The van der Waals surface area contributed by atoms with E-state index in [9.17, 15) is 0 Å². The Kier molecular flexibility index (Phi) is 3.97. The Bertz CT molecular complexity index is 619. The highest BCUT2D eigenvalue weighted by Gasteiger charge is 2.20. The van der Waals surface area contributed by atoms with Gasteiger partial charge in [-0.1, -0.05) is 17.7 Å². The van der Waals surface area contributed by atoms with Crippen LogP contribution < -0.4 is 9.80 Å². The minimum Gasteiger partial charge on any atom is -0.368 e. The van der Waals surface area contributed by atoms with E-state index < -0.39 is 0 Å². The fraction of sp³-hybridized carbons (Fsp3) is 0.375. The summed E-state index contributed by atoms with van der Waals surface area (Å²) in [5.41, 5.74) is 3.58. The monoisotopic (exact) mass is 302 g/mol. The highest BCUT2D eigenvalue weighted by atomic mass is 35.5. The second-order valence-corrected chi connectivity index (χ2v) is 5.90. The van der Waals surface area contributed by atoms with E-state index in [4.69, 9.17) is 11.6 Å². The zero-order valence-electron chi connectivity index (χ0n) is 12.4. The molecule has 0 saturated carbocycles. The summed E-state index contributed by atoms with van der Waals surface area (Å²) in [4.78, 5) is 13.4. The fourth-order valence-electron chi connectivity index (χ4n) is 2.62. The molecule has 2 aromatic rings. The number of nitrogens with zero attached hydrogens (tertiary/aromatic N) is 4. The zero-order valence-corrected chi connectivity index (χ0v) is 13.1. The van der Waals surface area contributed by atoms with Crippen molar-refractivity contribution < 1.29 is 0 Å². The first-order valence-corrected chi connectivity index (χ1v) is 7.56. The second kappa shape index (κ2) is 5.90. The van der Waals surface area contributed by atoms with E-state index in [2.05, 4.69) is 38.8 Å². The fourth-order valence-corrected chi connectivity index (χ4v) is 2.79. The summed E-state index contributed by atoms with van der Waals surface area (Å²) in [7, 11) is 0. The van der Waals surface area contributed by atoms with Crippen molar-refractivity contribution in [1.29, 1.82) is 0 Å². The Balaban J connectivity index is 1.70. The average Bonchev–Trinajstić information content (AvgIpc) is 2.51. The van der Waals surface area contributed by atoms with Crippen molar-refractivity contribution in [3.63, 3.8) is 0 Å². The molecule has 5 heteroatoms. The van der Waals surface area contributed by atoms with Gasteiger partial charge in [0.1, 0.15) is 0 Å². The standard InChI is InChI=1S/C16H19ClN4/c1-12-10-18-16(19-11-12)21-7-5-20(6-8-21)15-9-14(17)4-3-13(15)2/h3-4,9-11H,5-8H2,1-2H3. The lowest BCUT2D eigenvalue weighted by atomic mass is 10.1. The van der Waals surface area contributed by atoms with Gasteiger partial charge >= 0.3 is 0 Å². The summed E-state index contributed by atoms with van der Waals surface area (Å²) < 4.78 is 0. The van der Waals surface area contributed by atoms with E-state index in [-0.39, 0.29) is 0 Å². The molecule has 110 valence electrons. The van der Waals surface area contributed by atoms with E-state index in [0.717, 1.165) is 42.7 Å². The zero-order chi connectivity index (χ0) is 14.8. The van der Waals surface area contributed by atoms with Crippen LogP contribution >= 0.6 is 11.6 Å². The number of halogens is 1. The molecule has 3 rings (SSSR count). The molecule has 0 amide bonds. The smallest absolute Gasteiger partial charge is 0.225 e. The quantitative estimate of drug-likeness (QED) is 0.853. The van der Waals surface area contributed by atoms with Gasteiger partial charge in [0.05, 0.1) is 0 Å². The van der Waals surface area contributed by atoms with Gasteiger partial charge in [-0.15, -0.1) is 0 Å². The van der Waals surface area contributed by atoms with E-state index in [1.165, 1.54) is 11.3 Å². The van der Waals surface area contributed by atoms with Gasteiger partial charge < -0.3 is 9.80 Å². The van der Waals surface area contributed by atoms with Crippen LogP contribution in [-0.4, -0.2) is 36.1 Å². The lowest BCUT2D eigenvalue weighted by molar-refractivity contribution is 0.638. The first kappa shape index (κ1) is 14.1. The Labute approximate surface area is 130 Å². The predicted octanol–water partition coefficient (Wildman–Crippen LogP) is 3.07. The maximum atomic E-state index is 6.12. The van der Waals surface area contributed by atoms with Gasteiger partial charge in [0.15, 0.2) is 0 Å². The Hall–Kier alpha value is -1.81. The third-order valence-corrected chi connectivity index (χ3v) is 4.08. The topological polar surface area (TPSA) is 32.3 Å². The summed E-state index contributed by atoms with van der Waals surface area (Å²) in [5.74, 6) is 0.822. The Morgan fingerprint density at radius 3 is 2.24 bits per heavy atom. The molecule has 4 nitrogen and oxygen atoms in total. The predicted molar refractivity (Wildman–Crippen MR) is 87.4 cm³/mol. The summed E-state index contributed by atoms with van der Waals surface area (Å²) in [5, 5.41) is 0.792. The van der Waals surface area contributed by atoms with E-state index in [1.807, 2.05) is 25.4 Å². The van der Waals surface area contributed by atoms with Crippen LogP contribution in [0.25, 0.3) is 0 Å².